The second-order valence-corrected chi connectivity index (χ2v) is 6.20. The summed E-state index contributed by atoms with van der Waals surface area (Å²) in [6.07, 6.45) is 6.71. The van der Waals surface area contributed by atoms with Gasteiger partial charge in [-0.15, -0.1) is 0 Å². The molecule has 5 nitrogen and oxygen atoms in total. The molecule has 2 unspecified atom stereocenters. The first kappa shape index (κ1) is 14.2. The molecule has 23 heavy (non-hydrogen) atoms. The lowest BCUT2D eigenvalue weighted by Crippen LogP contribution is -2.12. The Morgan fingerprint density at radius 2 is 2.17 bits per heavy atom. The van der Waals surface area contributed by atoms with Crippen molar-refractivity contribution in [2.45, 2.75) is 32.4 Å². The summed E-state index contributed by atoms with van der Waals surface area (Å²) in [5.74, 6) is 4.39. The van der Waals surface area contributed by atoms with E-state index >= 15 is 0 Å². The summed E-state index contributed by atoms with van der Waals surface area (Å²) in [6.45, 7) is 3.78. The fourth-order valence-corrected chi connectivity index (χ4v) is 2.84. The van der Waals surface area contributed by atoms with Gasteiger partial charge in [0.2, 0.25) is 0 Å². The lowest BCUT2D eigenvalue weighted by atomic mass is 10.2. The lowest BCUT2D eigenvalue weighted by Gasteiger charge is -2.05. The Labute approximate surface area is 135 Å². The van der Waals surface area contributed by atoms with Crippen LogP contribution in [0.25, 0.3) is 5.82 Å². The van der Waals surface area contributed by atoms with Crippen LogP contribution in [0.1, 0.15) is 36.3 Å². The first-order valence-electron chi connectivity index (χ1n) is 8.04. The molecule has 1 aliphatic carbocycles. The predicted molar refractivity (Wildman–Crippen MR) is 87.1 cm³/mol. The van der Waals surface area contributed by atoms with Crippen LogP contribution in [-0.4, -0.2) is 14.8 Å². The first-order chi connectivity index (χ1) is 11.3. The molecule has 1 N–H and O–H groups in total. The minimum Gasteiger partial charge on any atom is -0.464 e. The summed E-state index contributed by atoms with van der Waals surface area (Å²) in [7, 11) is 0. The predicted octanol–water partition coefficient (Wildman–Crippen LogP) is 3.27. The standard InChI is InChI=1S/C18H20N4O/c1-13-9-16(13)17-4-3-15(23-17)12-19-11-14-5-7-20-18(10-14)22-8-2-6-21-22/h2-8,10,13,16,19H,9,11-12H2,1H3. The van der Waals surface area contributed by atoms with Crippen molar-refractivity contribution in [3.8, 4) is 5.82 Å². The van der Waals surface area contributed by atoms with Crippen LogP contribution < -0.4 is 5.32 Å². The smallest absolute Gasteiger partial charge is 0.153 e. The van der Waals surface area contributed by atoms with Crippen LogP contribution in [0, 0.1) is 5.92 Å². The molecule has 3 aromatic heterocycles. The Balaban J connectivity index is 1.34. The van der Waals surface area contributed by atoms with Crippen molar-refractivity contribution in [3.63, 3.8) is 0 Å². The molecule has 1 aliphatic rings. The number of nitrogens with zero attached hydrogens (tertiary/aromatic N) is 3. The van der Waals surface area contributed by atoms with E-state index in [0.29, 0.717) is 5.92 Å². The lowest BCUT2D eigenvalue weighted by molar-refractivity contribution is 0.444. The van der Waals surface area contributed by atoms with Crippen molar-refractivity contribution in [2.75, 3.05) is 0 Å². The third-order valence-corrected chi connectivity index (χ3v) is 4.33. The van der Waals surface area contributed by atoms with Gasteiger partial charge in [-0.3, -0.25) is 0 Å². The highest BCUT2D eigenvalue weighted by Crippen LogP contribution is 2.47. The second kappa shape index (κ2) is 6.01. The number of hydrogen-bond acceptors (Lipinski definition) is 4. The molecule has 5 heteroatoms. The van der Waals surface area contributed by atoms with Crippen molar-refractivity contribution in [3.05, 3.63) is 66.0 Å². The minimum absolute atomic E-state index is 0.639. The van der Waals surface area contributed by atoms with Crippen LogP contribution in [0.15, 0.2) is 53.3 Å². The molecule has 0 spiro atoms. The fourth-order valence-electron chi connectivity index (χ4n) is 2.84. The summed E-state index contributed by atoms with van der Waals surface area (Å²) < 4.78 is 7.67. The topological polar surface area (TPSA) is 55.9 Å². The van der Waals surface area contributed by atoms with E-state index in [1.54, 1.807) is 10.9 Å². The number of rotatable bonds is 6. The molecule has 0 amide bonds. The van der Waals surface area contributed by atoms with Crippen LogP contribution in [-0.2, 0) is 13.1 Å². The molecule has 0 aliphatic heterocycles. The Morgan fingerprint density at radius 1 is 1.26 bits per heavy atom. The van der Waals surface area contributed by atoms with E-state index in [4.69, 9.17) is 4.42 Å². The molecule has 1 saturated carbocycles. The van der Waals surface area contributed by atoms with E-state index in [0.717, 1.165) is 36.3 Å². The average Bonchev–Trinajstić information content (AvgIpc) is 3.02. The van der Waals surface area contributed by atoms with Gasteiger partial charge in [-0.2, -0.15) is 5.10 Å². The number of aromatic nitrogens is 3. The molecular formula is C18H20N4O. The zero-order chi connectivity index (χ0) is 15.6. The molecule has 118 valence electrons. The van der Waals surface area contributed by atoms with Gasteiger partial charge < -0.3 is 9.73 Å². The third kappa shape index (κ3) is 3.19. The SMILES string of the molecule is CC1CC1c1ccc(CNCc2ccnc(-n3cccn3)c2)o1. The van der Waals surface area contributed by atoms with E-state index in [9.17, 15) is 0 Å². The Morgan fingerprint density at radius 3 is 2.96 bits per heavy atom. The van der Waals surface area contributed by atoms with Crippen molar-refractivity contribution >= 4 is 0 Å². The highest BCUT2D eigenvalue weighted by atomic mass is 16.3. The van der Waals surface area contributed by atoms with Crippen molar-refractivity contribution < 1.29 is 4.42 Å². The molecular weight excluding hydrogens is 288 g/mol. The highest BCUT2D eigenvalue weighted by molar-refractivity contribution is 5.26. The Bertz CT molecular complexity index is 778. The zero-order valence-electron chi connectivity index (χ0n) is 13.1. The van der Waals surface area contributed by atoms with Crippen LogP contribution in [0.3, 0.4) is 0 Å². The number of pyridine rings is 1. The van der Waals surface area contributed by atoms with E-state index in [1.165, 1.54) is 12.0 Å². The van der Waals surface area contributed by atoms with Gasteiger partial charge in [0.05, 0.1) is 6.54 Å². The van der Waals surface area contributed by atoms with Gasteiger partial charge in [-0.1, -0.05) is 6.92 Å². The summed E-state index contributed by atoms with van der Waals surface area (Å²) in [5.41, 5.74) is 1.17. The zero-order valence-corrected chi connectivity index (χ0v) is 13.1. The molecule has 0 aromatic carbocycles. The maximum absolute atomic E-state index is 5.91. The molecule has 4 rings (SSSR count). The molecule has 0 radical (unpaired) electrons. The largest absolute Gasteiger partial charge is 0.464 e. The van der Waals surface area contributed by atoms with Gasteiger partial charge in [0, 0.05) is 31.1 Å². The summed E-state index contributed by atoms with van der Waals surface area (Å²) in [6, 6.07) is 10.1. The molecule has 1 fully saturated rings. The van der Waals surface area contributed by atoms with Crippen molar-refractivity contribution in [1.29, 1.82) is 0 Å². The first-order valence-corrected chi connectivity index (χ1v) is 8.04. The molecule has 3 aromatic rings. The highest BCUT2D eigenvalue weighted by Gasteiger charge is 2.36. The third-order valence-electron chi connectivity index (χ3n) is 4.33. The van der Waals surface area contributed by atoms with Gasteiger partial charge in [0.25, 0.3) is 0 Å². The maximum Gasteiger partial charge on any atom is 0.153 e. The number of hydrogen-bond donors (Lipinski definition) is 1. The summed E-state index contributed by atoms with van der Waals surface area (Å²) in [5, 5.41) is 7.63. The summed E-state index contributed by atoms with van der Waals surface area (Å²) >= 11 is 0. The van der Waals surface area contributed by atoms with Gasteiger partial charge in [0.15, 0.2) is 5.82 Å². The van der Waals surface area contributed by atoms with Gasteiger partial charge in [-0.25, -0.2) is 9.67 Å². The maximum atomic E-state index is 5.91. The molecule has 0 bridgehead atoms. The van der Waals surface area contributed by atoms with Crippen LogP contribution in [0.5, 0.6) is 0 Å². The quantitative estimate of drug-likeness (QED) is 0.759. The molecule has 2 atom stereocenters. The number of nitrogens with one attached hydrogen (secondary N) is 1. The fraction of sp³-hybridized carbons (Fsp3) is 0.333. The monoisotopic (exact) mass is 308 g/mol. The van der Waals surface area contributed by atoms with Crippen LogP contribution >= 0.6 is 0 Å². The average molecular weight is 308 g/mol. The van der Waals surface area contributed by atoms with E-state index < -0.39 is 0 Å². The summed E-state index contributed by atoms with van der Waals surface area (Å²) in [4.78, 5) is 4.34. The van der Waals surface area contributed by atoms with Gasteiger partial charge in [0.1, 0.15) is 11.5 Å². The Kier molecular flexibility index (Phi) is 3.71. The minimum atomic E-state index is 0.639. The van der Waals surface area contributed by atoms with E-state index in [1.807, 2.05) is 30.6 Å². The van der Waals surface area contributed by atoms with E-state index in [2.05, 4.69) is 34.5 Å². The normalized spacial score (nSPS) is 19.9. The molecule has 0 saturated heterocycles. The van der Waals surface area contributed by atoms with Crippen molar-refractivity contribution in [2.24, 2.45) is 5.92 Å². The van der Waals surface area contributed by atoms with Crippen molar-refractivity contribution in [1.82, 2.24) is 20.1 Å². The molecule has 3 heterocycles. The van der Waals surface area contributed by atoms with E-state index in [-0.39, 0.29) is 0 Å². The van der Waals surface area contributed by atoms with Gasteiger partial charge in [-0.05, 0) is 48.2 Å². The Hall–Kier alpha value is -2.40. The van der Waals surface area contributed by atoms with Crippen LogP contribution in [0.4, 0.5) is 0 Å². The second-order valence-electron chi connectivity index (χ2n) is 6.20. The number of furan rings is 1. The van der Waals surface area contributed by atoms with Gasteiger partial charge >= 0.3 is 0 Å². The van der Waals surface area contributed by atoms with Crippen LogP contribution in [0.2, 0.25) is 0 Å².